The average Bonchev–Trinajstić information content (AvgIpc) is 1.31. The molecule has 42 valence electrons. The van der Waals surface area contributed by atoms with Crippen LogP contribution in [0.15, 0.2) is 0 Å². The Morgan fingerprint density at radius 1 is 1.29 bits per heavy atom. The van der Waals surface area contributed by atoms with Gasteiger partial charge in [-0.05, 0) is 11.4 Å². The smallest absolute Gasteiger partial charge is 0.0858 e. The number of hydrogen-bond acceptors (Lipinski definition) is 1. The molecule has 0 aliphatic carbocycles. The normalized spacial score (nSPS) is 11.4. The summed E-state index contributed by atoms with van der Waals surface area (Å²) in [5, 5.41) is 0. The quantitative estimate of drug-likeness (QED) is 0.389. The highest BCUT2D eigenvalue weighted by Crippen LogP contribution is 2.01. The van der Waals surface area contributed by atoms with Gasteiger partial charge in [-0.1, -0.05) is 31.9 Å². The molecule has 0 aliphatic rings. The highest BCUT2D eigenvalue weighted by atomic mass is 32.1. The first-order chi connectivity index (χ1) is 2.94. The second-order valence-electron chi connectivity index (χ2n) is 2.81. The van der Waals surface area contributed by atoms with Crippen molar-refractivity contribution in [1.82, 2.24) is 0 Å². The van der Waals surface area contributed by atoms with E-state index in [2.05, 4.69) is 19.6 Å². The maximum atomic E-state index is 4.99. The van der Waals surface area contributed by atoms with Crippen LogP contribution in [0.1, 0.15) is 6.92 Å². The van der Waals surface area contributed by atoms with Crippen LogP contribution in [0.3, 0.4) is 0 Å². The van der Waals surface area contributed by atoms with Gasteiger partial charge in [-0.3, -0.25) is 0 Å². The Balaban J connectivity index is 3.79. The fourth-order valence-corrected chi connectivity index (χ4v) is 0. The summed E-state index contributed by atoms with van der Waals surface area (Å²) in [5.74, 6) is 0. The molecule has 0 radical (unpaired) electrons. The highest BCUT2D eigenvalue weighted by molar-refractivity contribution is 7.84. The van der Waals surface area contributed by atoms with Crippen LogP contribution in [0.5, 0.6) is 0 Å². The van der Waals surface area contributed by atoms with Crippen LogP contribution in [0.4, 0.5) is 0 Å². The van der Waals surface area contributed by atoms with Crippen molar-refractivity contribution in [2.24, 2.45) is 0 Å². The Hall–Kier alpha value is 0.307. The van der Waals surface area contributed by atoms with Gasteiger partial charge in [-0.15, -0.1) is 0 Å². The van der Waals surface area contributed by atoms with Gasteiger partial charge >= 0.3 is 0 Å². The van der Waals surface area contributed by atoms with Crippen molar-refractivity contribution in [2.45, 2.75) is 26.6 Å². The lowest BCUT2D eigenvalue weighted by Crippen LogP contribution is -2.28. The van der Waals surface area contributed by atoms with Gasteiger partial charge in [0.15, 0.2) is 0 Å². The molecule has 0 rings (SSSR count). The van der Waals surface area contributed by atoms with Crippen molar-refractivity contribution in [3.05, 3.63) is 0 Å². The number of hydrogen-bond donors (Lipinski definition) is 0. The fraction of sp³-hybridized carbons (Fsp3) is 0.800. The Morgan fingerprint density at radius 3 is 1.43 bits per heavy atom. The molecule has 2 heteroatoms. The van der Waals surface area contributed by atoms with Crippen molar-refractivity contribution >= 4 is 24.8 Å². The summed E-state index contributed by atoms with van der Waals surface area (Å²) in [6.07, 6.45) is 0. The topological polar surface area (TPSA) is 0 Å². The van der Waals surface area contributed by atoms with Gasteiger partial charge in [0.2, 0.25) is 0 Å². The second kappa shape index (κ2) is 2.05. The molecule has 0 saturated heterocycles. The zero-order valence-corrected chi connectivity index (χ0v) is 7.22. The van der Waals surface area contributed by atoms with Crippen LogP contribution < -0.4 is 0 Å². The molecule has 7 heavy (non-hydrogen) atoms. The summed E-state index contributed by atoms with van der Waals surface area (Å²) in [5.41, 5.74) is 0. The summed E-state index contributed by atoms with van der Waals surface area (Å²) in [6.45, 7) is 8.82. The second-order valence-corrected chi connectivity index (χ2v) is 9.03. The molecule has 0 aromatic heterocycles. The van der Waals surface area contributed by atoms with Gasteiger partial charge in [-0.2, -0.15) is 0 Å². The third-order valence-corrected chi connectivity index (χ3v) is 5.01. The van der Waals surface area contributed by atoms with E-state index in [1.54, 1.807) is 0 Å². The summed E-state index contributed by atoms with van der Waals surface area (Å²) < 4.78 is 1.22. The third kappa shape index (κ3) is 2.94. The van der Waals surface area contributed by atoms with Crippen molar-refractivity contribution in [3.63, 3.8) is 0 Å². The standard InChI is InChI=1S/C5H12SSi/c1-5(6)7(2,3)4/h1-4H3. The monoisotopic (exact) mass is 132 g/mol. The maximum Gasteiger partial charge on any atom is 0.0858 e. The summed E-state index contributed by atoms with van der Waals surface area (Å²) >= 11 is 4.99. The summed E-state index contributed by atoms with van der Waals surface area (Å²) in [4.78, 5) is 0. The number of rotatable bonds is 1. The molecule has 0 aromatic rings. The molecule has 0 aromatic carbocycles. The molecular weight excluding hydrogens is 120 g/mol. The van der Waals surface area contributed by atoms with E-state index in [0.717, 1.165) is 0 Å². The lowest BCUT2D eigenvalue weighted by atomic mass is 11.0. The predicted molar refractivity (Wildman–Crippen MR) is 41.6 cm³/mol. The Bertz CT molecular complexity index is 80.6. The first kappa shape index (κ1) is 7.31. The Kier molecular flexibility index (Phi) is 2.14. The van der Waals surface area contributed by atoms with Gasteiger partial charge in [0, 0.05) is 0 Å². The van der Waals surface area contributed by atoms with E-state index in [1.165, 1.54) is 4.49 Å². The van der Waals surface area contributed by atoms with E-state index >= 15 is 0 Å². The van der Waals surface area contributed by atoms with E-state index < -0.39 is 8.07 Å². The minimum absolute atomic E-state index is 1.00. The highest BCUT2D eigenvalue weighted by Gasteiger charge is 2.13. The molecule has 0 fully saturated rings. The summed E-state index contributed by atoms with van der Waals surface area (Å²) in [6, 6.07) is 0. The number of thiocarbonyl (C=S) groups is 1. The van der Waals surface area contributed by atoms with Crippen molar-refractivity contribution in [3.8, 4) is 0 Å². The molecule has 0 amide bonds. The Morgan fingerprint density at radius 2 is 1.43 bits per heavy atom. The minimum Gasteiger partial charge on any atom is -0.0950 e. The molecular formula is C5H12SSi. The van der Waals surface area contributed by atoms with E-state index in [9.17, 15) is 0 Å². The molecule has 0 heterocycles. The first-order valence-corrected chi connectivity index (χ1v) is 6.36. The Labute approximate surface area is 51.9 Å². The van der Waals surface area contributed by atoms with Crippen LogP contribution in [0.2, 0.25) is 19.6 Å². The van der Waals surface area contributed by atoms with Gasteiger partial charge < -0.3 is 0 Å². The van der Waals surface area contributed by atoms with Crippen LogP contribution in [-0.4, -0.2) is 12.6 Å². The zero-order valence-electron chi connectivity index (χ0n) is 5.41. The van der Waals surface area contributed by atoms with Crippen molar-refractivity contribution in [1.29, 1.82) is 0 Å². The molecule has 0 unspecified atom stereocenters. The van der Waals surface area contributed by atoms with E-state index in [1.807, 2.05) is 6.92 Å². The van der Waals surface area contributed by atoms with Crippen LogP contribution in [0, 0.1) is 0 Å². The molecule has 0 spiro atoms. The summed E-state index contributed by atoms with van der Waals surface area (Å²) in [7, 11) is -1.00. The molecule has 0 N–H and O–H groups in total. The van der Waals surface area contributed by atoms with Gasteiger partial charge in [0.1, 0.15) is 0 Å². The lowest BCUT2D eigenvalue weighted by molar-refractivity contribution is 1.80. The lowest BCUT2D eigenvalue weighted by Gasteiger charge is -2.11. The van der Waals surface area contributed by atoms with Gasteiger partial charge in [0.05, 0.1) is 8.07 Å². The van der Waals surface area contributed by atoms with Gasteiger partial charge in [-0.25, -0.2) is 0 Å². The van der Waals surface area contributed by atoms with E-state index in [-0.39, 0.29) is 0 Å². The molecule has 0 aliphatic heterocycles. The average molecular weight is 132 g/mol. The van der Waals surface area contributed by atoms with Crippen molar-refractivity contribution < 1.29 is 0 Å². The molecule has 0 atom stereocenters. The van der Waals surface area contributed by atoms with E-state index in [0.29, 0.717) is 0 Å². The predicted octanol–water partition coefficient (Wildman–Crippen LogP) is 2.25. The van der Waals surface area contributed by atoms with Crippen LogP contribution in [-0.2, 0) is 0 Å². The van der Waals surface area contributed by atoms with E-state index in [4.69, 9.17) is 12.2 Å². The molecule has 0 bridgehead atoms. The van der Waals surface area contributed by atoms with Crippen LogP contribution >= 0.6 is 12.2 Å². The maximum absolute atomic E-state index is 4.99. The van der Waals surface area contributed by atoms with Gasteiger partial charge in [0.25, 0.3) is 0 Å². The third-order valence-electron chi connectivity index (χ3n) is 1.06. The van der Waals surface area contributed by atoms with Crippen LogP contribution in [0.25, 0.3) is 0 Å². The SMILES string of the molecule is CC(=S)[Si](C)(C)C. The van der Waals surface area contributed by atoms with Crippen molar-refractivity contribution in [2.75, 3.05) is 0 Å². The largest absolute Gasteiger partial charge is 0.0950 e. The first-order valence-electron chi connectivity index (χ1n) is 2.45. The minimum atomic E-state index is -1.00. The molecule has 0 nitrogen and oxygen atoms in total. The zero-order chi connectivity index (χ0) is 6.08. The molecule has 0 saturated carbocycles. The fourth-order valence-electron chi connectivity index (χ4n) is 0.